The van der Waals surface area contributed by atoms with E-state index in [0.29, 0.717) is 12.2 Å². The number of thioether (sulfide) groups is 1. The Hall–Kier alpha value is -3.20. The van der Waals surface area contributed by atoms with Crippen molar-refractivity contribution in [2.45, 2.75) is 26.3 Å². The van der Waals surface area contributed by atoms with Gasteiger partial charge in [0.15, 0.2) is 5.12 Å². The second kappa shape index (κ2) is 10.5. The first kappa shape index (κ1) is 23.1. The summed E-state index contributed by atoms with van der Waals surface area (Å²) in [6.07, 6.45) is 0.484. The molecule has 0 aromatic heterocycles. The number of carbonyl (C=O) groups is 3. The molecule has 9 heteroatoms. The van der Waals surface area contributed by atoms with E-state index < -0.39 is 28.5 Å². The van der Waals surface area contributed by atoms with Crippen LogP contribution >= 0.6 is 11.8 Å². The largest absolute Gasteiger partial charge is 0.465 e. The molecule has 2 aromatic carbocycles. The fourth-order valence-corrected chi connectivity index (χ4v) is 3.46. The Bertz CT molecular complexity index is 976. The number of non-ortho nitro benzene ring substituents is 1. The van der Waals surface area contributed by atoms with Crippen LogP contribution in [0.1, 0.15) is 38.8 Å². The molecule has 0 radical (unpaired) electrons. The molecule has 0 saturated carbocycles. The zero-order chi connectivity index (χ0) is 22.3. The summed E-state index contributed by atoms with van der Waals surface area (Å²) >= 11 is 1.09. The molecular formula is C21H22N2O6S. The number of carbonyl (C=O) groups excluding carboxylic acids is 3. The van der Waals surface area contributed by atoms with Gasteiger partial charge in [-0.3, -0.25) is 19.7 Å². The third-order valence-corrected chi connectivity index (χ3v) is 5.34. The standard InChI is InChI=1S/C21H22N2O6S/c1-13-6-4-5-7-15(13)9-18(12-30-14(2)24)22-20(25)16-8-17(21(26)29-3)11-19(10-16)23(27)28/h4-8,10-11,18H,9,12H2,1-3H3,(H,22,25). The van der Waals surface area contributed by atoms with Gasteiger partial charge in [0, 0.05) is 36.4 Å². The Morgan fingerprint density at radius 1 is 1.17 bits per heavy atom. The Morgan fingerprint density at radius 2 is 1.83 bits per heavy atom. The second-order valence-electron chi connectivity index (χ2n) is 6.62. The smallest absolute Gasteiger partial charge is 0.338 e. The summed E-state index contributed by atoms with van der Waals surface area (Å²) in [6, 6.07) is 10.7. The summed E-state index contributed by atoms with van der Waals surface area (Å²) in [7, 11) is 1.15. The molecule has 0 fully saturated rings. The Labute approximate surface area is 178 Å². The number of nitrogens with one attached hydrogen (secondary N) is 1. The van der Waals surface area contributed by atoms with Crippen LogP contribution in [-0.4, -0.2) is 40.8 Å². The minimum Gasteiger partial charge on any atom is -0.465 e. The highest BCUT2D eigenvalue weighted by Gasteiger charge is 2.21. The van der Waals surface area contributed by atoms with Crippen LogP contribution < -0.4 is 5.32 Å². The van der Waals surface area contributed by atoms with Gasteiger partial charge in [0.05, 0.1) is 17.6 Å². The van der Waals surface area contributed by atoms with Crippen molar-refractivity contribution in [2.75, 3.05) is 12.9 Å². The summed E-state index contributed by atoms with van der Waals surface area (Å²) in [5, 5.41) is 13.9. The maximum absolute atomic E-state index is 12.8. The van der Waals surface area contributed by atoms with Gasteiger partial charge in [-0.2, -0.15) is 0 Å². The van der Waals surface area contributed by atoms with E-state index in [4.69, 9.17) is 0 Å². The molecular weight excluding hydrogens is 408 g/mol. The molecule has 0 spiro atoms. The Balaban J connectivity index is 2.30. The van der Waals surface area contributed by atoms with E-state index in [1.807, 2.05) is 31.2 Å². The average Bonchev–Trinajstić information content (AvgIpc) is 2.72. The van der Waals surface area contributed by atoms with Crippen LogP contribution in [0, 0.1) is 17.0 Å². The third kappa shape index (κ3) is 6.41. The number of benzene rings is 2. The van der Waals surface area contributed by atoms with Gasteiger partial charge in [0.1, 0.15) is 0 Å². The molecule has 0 aliphatic rings. The van der Waals surface area contributed by atoms with Crippen molar-refractivity contribution in [1.82, 2.24) is 5.32 Å². The number of nitro benzene ring substituents is 1. The van der Waals surface area contributed by atoms with E-state index >= 15 is 0 Å². The van der Waals surface area contributed by atoms with Gasteiger partial charge in [-0.05, 0) is 30.5 Å². The van der Waals surface area contributed by atoms with Crippen LogP contribution in [0.5, 0.6) is 0 Å². The first-order valence-corrected chi connectivity index (χ1v) is 10.1. The quantitative estimate of drug-likeness (QED) is 0.388. The maximum atomic E-state index is 12.8. The van der Waals surface area contributed by atoms with Crippen LogP contribution in [0.25, 0.3) is 0 Å². The van der Waals surface area contributed by atoms with Crippen LogP contribution in [-0.2, 0) is 16.0 Å². The predicted octanol–water partition coefficient (Wildman–Crippen LogP) is 3.31. The van der Waals surface area contributed by atoms with Gasteiger partial charge in [0.25, 0.3) is 11.6 Å². The first-order chi connectivity index (χ1) is 14.2. The number of esters is 1. The lowest BCUT2D eigenvalue weighted by Gasteiger charge is -2.19. The molecule has 0 aliphatic heterocycles. The molecule has 1 atom stereocenters. The number of rotatable bonds is 8. The van der Waals surface area contributed by atoms with Crippen LogP contribution in [0.4, 0.5) is 5.69 Å². The molecule has 1 unspecified atom stereocenters. The number of nitrogens with zero attached hydrogens (tertiary/aromatic N) is 1. The molecule has 1 N–H and O–H groups in total. The summed E-state index contributed by atoms with van der Waals surface area (Å²) in [4.78, 5) is 46.6. The SMILES string of the molecule is COC(=O)c1cc(C(=O)NC(CSC(C)=O)Cc2ccccc2C)cc([N+](=O)[O-])c1. The number of ether oxygens (including phenoxy) is 1. The van der Waals surface area contributed by atoms with Crippen LogP contribution in [0.3, 0.4) is 0 Å². The minimum atomic E-state index is -0.781. The number of nitro groups is 1. The fourth-order valence-electron chi connectivity index (χ4n) is 2.83. The fraction of sp³-hybridized carbons (Fsp3) is 0.286. The van der Waals surface area contributed by atoms with Crippen molar-refractivity contribution in [1.29, 1.82) is 0 Å². The van der Waals surface area contributed by atoms with E-state index in [2.05, 4.69) is 10.1 Å². The highest BCUT2D eigenvalue weighted by Crippen LogP contribution is 2.19. The maximum Gasteiger partial charge on any atom is 0.338 e. The van der Waals surface area contributed by atoms with Crippen LogP contribution in [0.2, 0.25) is 0 Å². The number of aryl methyl sites for hydroxylation is 1. The normalized spacial score (nSPS) is 11.4. The molecule has 0 bridgehead atoms. The van der Waals surface area contributed by atoms with E-state index in [-0.39, 0.29) is 16.2 Å². The summed E-state index contributed by atoms with van der Waals surface area (Å²) in [5.74, 6) is -1.02. The monoisotopic (exact) mass is 430 g/mol. The molecule has 0 aliphatic carbocycles. The van der Waals surface area contributed by atoms with Gasteiger partial charge in [-0.1, -0.05) is 36.0 Å². The van der Waals surface area contributed by atoms with Gasteiger partial charge >= 0.3 is 5.97 Å². The Morgan fingerprint density at radius 3 is 2.43 bits per heavy atom. The molecule has 1 amide bonds. The molecule has 158 valence electrons. The number of methoxy groups -OCH3 is 1. The average molecular weight is 430 g/mol. The van der Waals surface area contributed by atoms with E-state index in [0.717, 1.165) is 42.1 Å². The highest BCUT2D eigenvalue weighted by molar-refractivity contribution is 8.13. The number of hydrogen-bond donors (Lipinski definition) is 1. The zero-order valence-corrected chi connectivity index (χ0v) is 17.7. The van der Waals surface area contributed by atoms with Gasteiger partial charge in [0.2, 0.25) is 0 Å². The summed E-state index contributed by atoms with van der Waals surface area (Å²) in [5.41, 5.74) is 1.54. The molecule has 2 aromatic rings. The van der Waals surface area contributed by atoms with Crippen molar-refractivity contribution in [2.24, 2.45) is 0 Å². The van der Waals surface area contributed by atoms with Gasteiger partial charge in [-0.25, -0.2) is 4.79 Å². The van der Waals surface area contributed by atoms with Crippen molar-refractivity contribution in [3.05, 3.63) is 74.8 Å². The topological polar surface area (TPSA) is 116 Å². The number of amides is 1. The van der Waals surface area contributed by atoms with Crippen molar-refractivity contribution >= 4 is 34.4 Å². The predicted molar refractivity (Wildman–Crippen MR) is 114 cm³/mol. The minimum absolute atomic E-state index is 0.0350. The van der Waals surface area contributed by atoms with E-state index in [9.17, 15) is 24.5 Å². The lowest BCUT2D eigenvalue weighted by Crippen LogP contribution is -2.38. The lowest BCUT2D eigenvalue weighted by atomic mass is 10.0. The second-order valence-corrected chi connectivity index (χ2v) is 7.82. The summed E-state index contributed by atoms with van der Waals surface area (Å²) in [6.45, 7) is 3.40. The molecule has 2 rings (SSSR count). The van der Waals surface area contributed by atoms with Crippen molar-refractivity contribution in [3.63, 3.8) is 0 Å². The Kier molecular flexibility index (Phi) is 8.11. The molecule has 30 heavy (non-hydrogen) atoms. The molecule has 8 nitrogen and oxygen atoms in total. The first-order valence-electron chi connectivity index (χ1n) is 9.07. The lowest BCUT2D eigenvalue weighted by molar-refractivity contribution is -0.384. The van der Waals surface area contributed by atoms with Crippen LogP contribution in [0.15, 0.2) is 42.5 Å². The van der Waals surface area contributed by atoms with Crippen molar-refractivity contribution in [3.8, 4) is 0 Å². The molecule has 0 heterocycles. The van der Waals surface area contributed by atoms with Gasteiger partial charge < -0.3 is 10.1 Å². The molecule has 0 saturated heterocycles. The zero-order valence-electron chi connectivity index (χ0n) is 16.8. The van der Waals surface area contributed by atoms with Crippen molar-refractivity contribution < 1.29 is 24.0 Å². The summed E-state index contributed by atoms with van der Waals surface area (Å²) < 4.78 is 4.61. The van der Waals surface area contributed by atoms with Gasteiger partial charge in [-0.15, -0.1) is 0 Å². The van der Waals surface area contributed by atoms with E-state index in [1.165, 1.54) is 13.0 Å². The third-order valence-electron chi connectivity index (χ3n) is 4.36. The number of hydrogen-bond acceptors (Lipinski definition) is 7. The van der Waals surface area contributed by atoms with E-state index in [1.54, 1.807) is 0 Å². The highest BCUT2D eigenvalue weighted by atomic mass is 32.2.